The zero-order chi connectivity index (χ0) is 14.7. The van der Waals surface area contributed by atoms with Crippen molar-refractivity contribution in [3.05, 3.63) is 34.4 Å². The quantitative estimate of drug-likeness (QED) is 0.899. The lowest BCUT2D eigenvalue weighted by Crippen LogP contribution is -2.15. The molecule has 108 valence electrons. The predicted octanol–water partition coefficient (Wildman–Crippen LogP) is 3.73. The molecule has 1 aromatic heterocycles. The molecule has 0 fully saturated rings. The van der Waals surface area contributed by atoms with Crippen molar-refractivity contribution in [2.75, 3.05) is 6.54 Å². The molecule has 0 aliphatic carbocycles. The van der Waals surface area contributed by atoms with Crippen LogP contribution in [0.2, 0.25) is 0 Å². The number of hydrogen-bond acceptors (Lipinski definition) is 4. The number of nitrogens with zero attached hydrogens (tertiary/aromatic N) is 2. The molecule has 4 nitrogen and oxygen atoms in total. The van der Waals surface area contributed by atoms with Gasteiger partial charge < -0.3 is 10.3 Å². The first-order valence-electron chi connectivity index (χ1n) is 6.49. The van der Waals surface area contributed by atoms with E-state index >= 15 is 0 Å². The molecule has 0 spiro atoms. The van der Waals surface area contributed by atoms with Crippen LogP contribution in [0, 0.1) is 11.7 Å². The van der Waals surface area contributed by atoms with Crippen LogP contribution in [0.1, 0.15) is 32.1 Å². The first-order valence-corrected chi connectivity index (χ1v) is 7.29. The van der Waals surface area contributed by atoms with Crippen LogP contribution in [0.4, 0.5) is 4.39 Å². The van der Waals surface area contributed by atoms with Crippen LogP contribution in [-0.4, -0.2) is 16.7 Å². The Bertz CT molecular complexity index is 565. The van der Waals surface area contributed by atoms with E-state index in [0.29, 0.717) is 34.2 Å². The molecule has 0 aliphatic rings. The fraction of sp³-hybridized carbons (Fsp3) is 0.429. The Morgan fingerprint density at radius 3 is 2.70 bits per heavy atom. The van der Waals surface area contributed by atoms with Crippen molar-refractivity contribution in [3.8, 4) is 11.4 Å². The number of halogens is 2. The number of aromatic nitrogens is 2. The Morgan fingerprint density at radius 2 is 2.10 bits per heavy atom. The van der Waals surface area contributed by atoms with E-state index in [0.717, 1.165) is 6.42 Å². The molecule has 6 heteroatoms. The summed E-state index contributed by atoms with van der Waals surface area (Å²) in [5.41, 5.74) is 6.33. The average molecular weight is 342 g/mol. The van der Waals surface area contributed by atoms with Crippen LogP contribution < -0.4 is 5.73 Å². The largest absolute Gasteiger partial charge is 0.339 e. The molecule has 0 saturated heterocycles. The molecule has 0 radical (unpaired) electrons. The van der Waals surface area contributed by atoms with Gasteiger partial charge in [0.05, 0.1) is 5.92 Å². The minimum atomic E-state index is -0.349. The Balaban J connectivity index is 2.27. The van der Waals surface area contributed by atoms with Crippen LogP contribution in [0.25, 0.3) is 11.4 Å². The third-order valence-corrected chi connectivity index (χ3v) is 3.41. The van der Waals surface area contributed by atoms with Gasteiger partial charge in [0.15, 0.2) is 0 Å². The first kappa shape index (κ1) is 15.1. The highest BCUT2D eigenvalue weighted by Gasteiger charge is 2.19. The maximum Gasteiger partial charge on any atom is 0.231 e. The molecule has 1 heterocycles. The van der Waals surface area contributed by atoms with E-state index in [2.05, 4.69) is 39.9 Å². The summed E-state index contributed by atoms with van der Waals surface area (Å²) >= 11 is 3.25. The normalized spacial score (nSPS) is 12.9. The highest BCUT2D eigenvalue weighted by Crippen LogP contribution is 2.26. The lowest BCUT2D eigenvalue weighted by molar-refractivity contribution is 0.335. The molecule has 1 unspecified atom stereocenters. The Labute approximate surface area is 125 Å². The molecule has 0 amide bonds. The van der Waals surface area contributed by atoms with Crippen LogP contribution >= 0.6 is 15.9 Å². The van der Waals surface area contributed by atoms with E-state index in [4.69, 9.17) is 10.3 Å². The van der Waals surface area contributed by atoms with Gasteiger partial charge in [0.25, 0.3) is 0 Å². The Morgan fingerprint density at radius 1 is 1.35 bits per heavy atom. The van der Waals surface area contributed by atoms with Crippen molar-refractivity contribution >= 4 is 15.9 Å². The molecule has 20 heavy (non-hydrogen) atoms. The second-order valence-electron chi connectivity index (χ2n) is 5.18. The van der Waals surface area contributed by atoms with Crippen molar-refractivity contribution in [3.63, 3.8) is 0 Å². The standard InChI is InChI=1S/C14H17BrFN3O/c1-8(2)3-10(7-17)14-18-13(19-20-14)9-4-11(15)6-12(16)5-9/h4-6,8,10H,3,7,17H2,1-2H3. The third kappa shape index (κ3) is 3.64. The van der Waals surface area contributed by atoms with Gasteiger partial charge in [-0.15, -0.1) is 0 Å². The van der Waals surface area contributed by atoms with Crippen molar-refractivity contribution in [2.24, 2.45) is 11.7 Å². The fourth-order valence-corrected chi connectivity index (χ4v) is 2.53. The molecular formula is C14H17BrFN3O. The summed E-state index contributed by atoms with van der Waals surface area (Å²) in [4.78, 5) is 4.34. The summed E-state index contributed by atoms with van der Waals surface area (Å²) in [6, 6.07) is 4.50. The van der Waals surface area contributed by atoms with Crippen molar-refractivity contribution in [1.82, 2.24) is 10.1 Å². The molecule has 0 bridgehead atoms. The summed E-state index contributed by atoms with van der Waals surface area (Å²) in [6.45, 7) is 4.68. The van der Waals surface area contributed by atoms with Gasteiger partial charge in [-0.3, -0.25) is 0 Å². The van der Waals surface area contributed by atoms with E-state index in [9.17, 15) is 4.39 Å². The summed E-state index contributed by atoms with van der Waals surface area (Å²) in [7, 11) is 0. The smallest absolute Gasteiger partial charge is 0.231 e. The van der Waals surface area contributed by atoms with Crippen LogP contribution in [0.3, 0.4) is 0 Å². The topological polar surface area (TPSA) is 64.9 Å². The Hall–Kier alpha value is -1.27. The summed E-state index contributed by atoms with van der Waals surface area (Å²) in [5, 5.41) is 3.92. The maximum atomic E-state index is 13.4. The molecule has 2 N–H and O–H groups in total. The van der Waals surface area contributed by atoms with Crippen molar-refractivity contribution < 1.29 is 8.91 Å². The van der Waals surface area contributed by atoms with Gasteiger partial charge in [0, 0.05) is 16.6 Å². The monoisotopic (exact) mass is 341 g/mol. The minimum absolute atomic E-state index is 0.0354. The van der Waals surface area contributed by atoms with Crippen molar-refractivity contribution in [2.45, 2.75) is 26.2 Å². The summed E-state index contributed by atoms with van der Waals surface area (Å²) < 4.78 is 19.3. The van der Waals surface area contributed by atoms with Crippen molar-refractivity contribution in [1.29, 1.82) is 0 Å². The van der Waals surface area contributed by atoms with E-state index in [-0.39, 0.29) is 11.7 Å². The molecule has 2 aromatic rings. The zero-order valence-electron chi connectivity index (χ0n) is 11.4. The molecular weight excluding hydrogens is 325 g/mol. The van der Waals surface area contributed by atoms with Gasteiger partial charge in [0.2, 0.25) is 11.7 Å². The van der Waals surface area contributed by atoms with Gasteiger partial charge in [-0.1, -0.05) is 34.9 Å². The SMILES string of the molecule is CC(C)CC(CN)c1nc(-c2cc(F)cc(Br)c2)no1. The number of hydrogen-bond donors (Lipinski definition) is 1. The lowest BCUT2D eigenvalue weighted by atomic mass is 9.97. The molecule has 0 saturated carbocycles. The first-order chi connectivity index (χ1) is 9.49. The highest BCUT2D eigenvalue weighted by atomic mass is 79.9. The molecule has 2 rings (SSSR count). The maximum absolute atomic E-state index is 13.4. The second-order valence-corrected chi connectivity index (χ2v) is 6.09. The lowest BCUT2D eigenvalue weighted by Gasteiger charge is -2.11. The second kappa shape index (κ2) is 6.45. The fourth-order valence-electron chi connectivity index (χ4n) is 2.07. The van der Waals surface area contributed by atoms with E-state index < -0.39 is 0 Å². The van der Waals surface area contributed by atoms with Gasteiger partial charge in [-0.25, -0.2) is 4.39 Å². The van der Waals surface area contributed by atoms with Crippen LogP contribution in [0.15, 0.2) is 27.2 Å². The van der Waals surface area contributed by atoms with E-state index in [1.54, 1.807) is 6.07 Å². The number of nitrogens with two attached hydrogens (primary N) is 1. The molecule has 1 aromatic carbocycles. The summed E-state index contributed by atoms with van der Waals surface area (Å²) in [6.07, 6.45) is 0.880. The Kier molecular flexibility index (Phi) is 4.88. The number of rotatable bonds is 5. The minimum Gasteiger partial charge on any atom is -0.339 e. The van der Waals surface area contributed by atoms with E-state index in [1.165, 1.54) is 12.1 Å². The van der Waals surface area contributed by atoms with Gasteiger partial charge >= 0.3 is 0 Å². The zero-order valence-corrected chi connectivity index (χ0v) is 13.0. The summed E-state index contributed by atoms with van der Waals surface area (Å²) in [5.74, 6) is 1.06. The molecule has 0 aliphatic heterocycles. The highest BCUT2D eigenvalue weighted by molar-refractivity contribution is 9.10. The van der Waals surface area contributed by atoms with Gasteiger partial charge in [-0.05, 0) is 30.5 Å². The van der Waals surface area contributed by atoms with E-state index in [1.807, 2.05) is 0 Å². The van der Waals surface area contributed by atoms with Crippen LogP contribution in [0.5, 0.6) is 0 Å². The van der Waals surface area contributed by atoms with Crippen LogP contribution in [-0.2, 0) is 0 Å². The predicted molar refractivity (Wildman–Crippen MR) is 78.6 cm³/mol. The average Bonchev–Trinajstić information content (AvgIpc) is 2.84. The third-order valence-electron chi connectivity index (χ3n) is 2.95. The molecule has 1 atom stereocenters. The number of benzene rings is 1. The van der Waals surface area contributed by atoms with Gasteiger partial charge in [0.1, 0.15) is 5.82 Å². The van der Waals surface area contributed by atoms with Gasteiger partial charge in [-0.2, -0.15) is 4.98 Å².